The van der Waals surface area contributed by atoms with Crippen LogP contribution in [0.5, 0.6) is 0 Å². The number of fused-ring (bicyclic) bond motifs is 1. The number of amides is 1. The van der Waals surface area contributed by atoms with Crippen molar-refractivity contribution in [3.05, 3.63) is 52.3 Å². The van der Waals surface area contributed by atoms with Crippen molar-refractivity contribution in [3.8, 4) is 0 Å². The zero-order valence-corrected chi connectivity index (χ0v) is 20.8. The van der Waals surface area contributed by atoms with Crippen LogP contribution in [0.15, 0.2) is 24.3 Å². The van der Waals surface area contributed by atoms with E-state index in [1.54, 1.807) is 16.6 Å². The highest BCUT2D eigenvalue weighted by atomic mass is 19.4. The first-order chi connectivity index (χ1) is 18.1. The number of nitrogens with one attached hydrogen (secondary N) is 2. The van der Waals surface area contributed by atoms with Gasteiger partial charge in [-0.2, -0.15) is 13.2 Å². The number of hydrogen-bond donors (Lipinski definition) is 3. The number of nitrogens with two attached hydrogens (primary N) is 1. The highest BCUT2D eigenvalue weighted by molar-refractivity contribution is 5.82. The number of rotatable bonds is 6. The topological polar surface area (TPSA) is 110 Å². The Morgan fingerprint density at radius 3 is 2.74 bits per heavy atom. The smallest absolute Gasteiger partial charge is 0.396 e. The van der Waals surface area contributed by atoms with Crippen LogP contribution < -0.4 is 21.3 Å². The summed E-state index contributed by atoms with van der Waals surface area (Å²) < 4.78 is 61.3. The van der Waals surface area contributed by atoms with Crippen LogP contribution in [0, 0.1) is 6.92 Å². The summed E-state index contributed by atoms with van der Waals surface area (Å²) in [6, 6.07) is 5.10. The van der Waals surface area contributed by atoms with Crippen LogP contribution in [0.1, 0.15) is 34.5 Å². The third-order valence-electron chi connectivity index (χ3n) is 7.04. The minimum atomic E-state index is -4.49. The second-order valence-corrected chi connectivity index (χ2v) is 9.57. The largest absolute Gasteiger partial charge is 0.416 e. The molecule has 2 aromatic heterocycles. The summed E-state index contributed by atoms with van der Waals surface area (Å²) in [5, 5.41) is 10.4. The van der Waals surface area contributed by atoms with Crippen LogP contribution in [0.4, 0.5) is 29.1 Å². The molecule has 3 aromatic rings. The summed E-state index contributed by atoms with van der Waals surface area (Å²) in [5.41, 5.74) is 7.80. The molecule has 0 radical (unpaired) electrons. The fourth-order valence-electron chi connectivity index (χ4n) is 4.93. The van der Waals surface area contributed by atoms with E-state index in [1.165, 1.54) is 13.0 Å². The molecule has 38 heavy (non-hydrogen) atoms. The van der Waals surface area contributed by atoms with Crippen molar-refractivity contribution in [1.29, 1.82) is 0 Å². The SMILES string of the molecule is Cc1c(Cc2c(CNC(=O)[C@@H]3C[C@@H](F)CN3)nc3c(N)cc(N4CCOCC4)nn23)cccc1C(F)(F)F. The Labute approximate surface area is 216 Å². The maximum Gasteiger partial charge on any atom is 0.416 e. The summed E-state index contributed by atoms with van der Waals surface area (Å²) >= 11 is 0. The molecule has 5 rings (SSSR count). The lowest BCUT2D eigenvalue weighted by molar-refractivity contribution is -0.138. The van der Waals surface area contributed by atoms with Gasteiger partial charge in [0.05, 0.1) is 48.4 Å². The average molecular weight is 536 g/mol. The predicted octanol–water partition coefficient (Wildman–Crippen LogP) is 2.38. The first-order valence-electron chi connectivity index (χ1n) is 12.4. The van der Waals surface area contributed by atoms with Crippen LogP contribution in [0.2, 0.25) is 0 Å². The second-order valence-electron chi connectivity index (χ2n) is 9.57. The van der Waals surface area contributed by atoms with Gasteiger partial charge >= 0.3 is 6.18 Å². The lowest BCUT2D eigenvalue weighted by Gasteiger charge is -2.27. The zero-order valence-electron chi connectivity index (χ0n) is 20.8. The molecular weight excluding hydrogens is 506 g/mol. The molecule has 9 nitrogen and oxygen atoms in total. The Hall–Kier alpha value is -3.45. The minimum Gasteiger partial charge on any atom is -0.396 e. The maximum atomic E-state index is 13.6. The number of ether oxygens (including phenoxy) is 1. The monoisotopic (exact) mass is 535 g/mol. The molecule has 13 heteroatoms. The van der Waals surface area contributed by atoms with E-state index in [4.69, 9.17) is 15.6 Å². The summed E-state index contributed by atoms with van der Waals surface area (Å²) in [5.74, 6) is 0.218. The zero-order chi connectivity index (χ0) is 27.0. The van der Waals surface area contributed by atoms with Gasteiger partial charge in [0.1, 0.15) is 6.17 Å². The van der Waals surface area contributed by atoms with Crippen molar-refractivity contribution in [2.45, 2.75) is 44.7 Å². The Morgan fingerprint density at radius 2 is 2.05 bits per heavy atom. The number of anilines is 2. The second kappa shape index (κ2) is 10.4. The molecule has 1 amide bonds. The van der Waals surface area contributed by atoms with E-state index in [0.717, 1.165) is 6.07 Å². The molecule has 204 valence electrons. The Morgan fingerprint density at radius 1 is 1.29 bits per heavy atom. The molecule has 2 fully saturated rings. The van der Waals surface area contributed by atoms with E-state index < -0.39 is 24.0 Å². The average Bonchev–Trinajstić information content (AvgIpc) is 3.47. The molecule has 4 heterocycles. The summed E-state index contributed by atoms with van der Waals surface area (Å²) in [7, 11) is 0. The molecule has 0 aliphatic carbocycles. The molecule has 2 atom stereocenters. The highest BCUT2D eigenvalue weighted by Crippen LogP contribution is 2.34. The molecule has 0 bridgehead atoms. The van der Waals surface area contributed by atoms with Crippen molar-refractivity contribution < 1.29 is 27.1 Å². The van der Waals surface area contributed by atoms with E-state index in [1.807, 2.05) is 4.90 Å². The van der Waals surface area contributed by atoms with Gasteiger partial charge in [0.2, 0.25) is 5.91 Å². The molecular formula is C25H29F4N7O2. The van der Waals surface area contributed by atoms with Gasteiger partial charge < -0.3 is 26.0 Å². The number of nitrogens with zero attached hydrogens (tertiary/aromatic N) is 4. The molecule has 0 unspecified atom stereocenters. The number of halogens is 4. The minimum absolute atomic E-state index is 0.0169. The number of aromatic nitrogens is 3. The number of morpholine rings is 1. The van der Waals surface area contributed by atoms with Gasteiger partial charge in [0.15, 0.2) is 11.5 Å². The van der Waals surface area contributed by atoms with Gasteiger partial charge in [0, 0.05) is 38.5 Å². The van der Waals surface area contributed by atoms with Crippen molar-refractivity contribution in [1.82, 2.24) is 25.2 Å². The molecule has 4 N–H and O–H groups in total. The van der Waals surface area contributed by atoms with Gasteiger partial charge in [-0.3, -0.25) is 4.79 Å². The van der Waals surface area contributed by atoms with Crippen LogP contribution in [-0.4, -0.2) is 65.6 Å². The van der Waals surface area contributed by atoms with Crippen LogP contribution >= 0.6 is 0 Å². The van der Waals surface area contributed by atoms with Crippen LogP contribution in [-0.2, 0) is 28.7 Å². The fourth-order valence-corrected chi connectivity index (χ4v) is 4.93. The van der Waals surface area contributed by atoms with Gasteiger partial charge in [-0.05, 0) is 24.1 Å². The number of benzene rings is 1. The molecule has 2 aliphatic heterocycles. The Balaban J connectivity index is 1.53. The molecule has 0 saturated carbocycles. The van der Waals surface area contributed by atoms with E-state index in [0.29, 0.717) is 60.4 Å². The Kier molecular flexibility index (Phi) is 7.14. The summed E-state index contributed by atoms with van der Waals surface area (Å²) in [4.78, 5) is 19.2. The molecule has 0 spiro atoms. The lowest BCUT2D eigenvalue weighted by atomic mass is 9.98. The standard InChI is InChI=1S/C25H29F4N7O2/c1-14-15(3-2-4-17(14)25(27,28)29)9-21-20(13-32-24(37)19-10-16(26)12-31-19)33-23-18(30)11-22(34-36(21)23)35-5-7-38-8-6-35/h2-4,11,16,19,31H,5-10,12-13,30H2,1H3,(H,32,37)/t16-,19+/m1/s1. The highest BCUT2D eigenvalue weighted by Gasteiger charge is 2.33. The summed E-state index contributed by atoms with van der Waals surface area (Å²) in [6.45, 7) is 3.82. The number of carbonyl (C=O) groups is 1. The summed E-state index contributed by atoms with van der Waals surface area (Å²) in [6.07, 6.45) is -5.44. The van der Waals surface area contributed by atoms with Crippen LogP contribution in [0.25, 0.3) is 5.65 Å². The first-order valence-corrected chi connectivity index (χ1v) is 12.4. The third-order valence-corrected chi connectivity index (χ3v) is 7.04. The maximum absolute atomic E-state index is 13.6. The number of hydrogen-bond acceptors (Lipinski definition) is 7. The predicted molar refractivity (Wildman–Crippen MR) is 133 cm³/mol. The number of imidazole rings is 1. The number of nitrogen functional groups attached to an aromatic ring is 1. The fraction of sp³-hybridized carbons (Fsp3) is 0.480. The van der Waals surface area contributed by atoms with Crippen molar-refractivity contribution in [2.24, 2.45) is 0 Å². The normalized spacial score (nSPS) is 20.3. The molecule has 2 saturated heterocycles. The number of carbonyl (C=O) groups excluding carboxylic acids is 1. The quantitative estimate of drug-likeness (QED) is 0.416. The van der Waals surface area contributed by atoms with E-state index in [2.05, 4.69) is 15.6 Å². The van der Waals surface area contributed by atoms with E-state index >= 15 is 0 Å². The van der Waals surface area contributed by atoms with E-state index in [9.17, 15) is 22.4 Å². The Bertz CT molecular complexity index is 1340. The third kappa shape index (κ3) is 5.25. The molecule has 1 aromatic carbocycles. The van der Waals surface area contributed by atoms with Gasteiger partial charge in [0.25, 0.3) is 0 Å². The first kappa shape index (κ1) is 26.2. The number of alkyl halides is 4. The van der Waals surface area contributed by atoms with Gasteiger partial charge in [-0.25, -0.2) is 13.9 Å². The van der Waals surface area contributed by atoms with Crippen molar-refractivity contribution in [2.75, 3.05) is 43.5 Å². The van der Waals surface area contributed by atoms with Crippen molar-refractivity contribution >= 4 is 23.1 Å². The van der Waals surface area contributed by atoms with E-state index in [-0.39, 0.29) is 37.4 Å². The van der Waals surface area contributed by atoms with Gasteiger partial charge in [-0.15, -0.1) is 5.10 Å². The molecule has 2 aliphatic rings. The van der Waals surface area contributed by atoms with Crippen molar-refractivity contribution in [3.63, 3.8) is 0 Å². The van der Waals surface area contributed by atoms with Crippen LogP contribution in [0.3, 0.4) is 0 Å². The van der Waals surface area contributed by atoms with Gasteiger partial charge in [-0.1, -0.05) is 12.1 Å². The lowest BCUT2D eigenvalue weighted by Crippen LogP contribution is -2.40.